The van der Waals surface area contributed by atoms with E-state index in [0.717, 1.165) is 36.5 Å². The van der Waals surface area contributed by atoms with E-state index in [2.05, 4.69) is 11.9 Å². The van der Waals surface area contributed by atoms with Gasteiger partial charge in [0.1, 0.15) is 11.9 Å². The molecule has 0 unspecified atom stereocenters. The summed E-state index contributed by atoms with van der Waals surface area (Å²) in [5.74, 6) is 0.926. The molecule has 1 heterocycles. The Kier molecular flexibility index (Phi) is 2.82. The Morgan fingerprint density at radius 1 is 1.47 bits per heavy atom. The quantitative estimate of drug-likeness (QED) is 0.748. The van der Waals surface area contributed by atoms with E-state index in [1.165, 1.54) is 0 Å². The van der Waals surface area contributed by atoms with Gasteiger partial charge in [0.15, 0.2) is 0 Å². The Labute approximate surface area is 90.8 Å². The Morgan fingerprint density at radius 2 is 2.27 bits per heavy atom. The maximum absolute atomic E-state index is 5.94. The fraction of sp³-hybridized carbons (Fsp3) is 0.500. The lowest BCUT2D eigenvalue weighted by atomic mass is 10.2. The molecular formula is C12H18N2O. The summed E-state index contributed by atoms with van der Waals surface area (Å²) in [6.07, 6.45) is 1.42. The first-order chi connectivity index (χ1) is 7.15. The summed E-state index contributed by atoms with van der Waals surface area (Å²) < 4.78 is 5.94. The van der Waals surface area contributed by atoms with E-state index in [9.17, 15) is 0 Å². The molecule has 2 rings (SSSR count). The van der Waals surface area contributed by atoms with Gasteiger partial charge in [-0.1, -0.05) is 6.07 Å². The van der Waals surface area contributed by atoms with Crippen LogP contribution in [0.4, 0.5) is 5.69 Å². The molecule has 0 radical (unpaired) electrons. The van der Waals surface area contributed by atoms with Crippen LogP contribution in [-0.2, 0) is 0 Å². The topological polar surface area (TPSA) is 38.5 Å². The van der Waals surface area contributed by atoms with Crippen LogP contribution in [0.25, 0.3) is 0 Å². The van der Waals surface area contributed by atoms with Crippen molar-refractivity contribution in [1.29, 1.82) is 0 Å². The second kappa shape index (κ2) is 4.11. The molecule has 2 N–H and O–H groups in total. The minimum absolute atomic E-state index is 0.315. The Balaban J connectivity index is 2.07. The Morgan fingerprint density at radius 3 is 2.93 bits per heavy atom. The van der Waals surface area contributed by atoms with Crippen molar-refractivity contribution >= 4 is 5.69 Å². The Bertz CT molecular complexity index is 351. The van der Waals surface area contributed by atoms with Crippen LogP contribution in [-0.4, -0.2) is 31.1 Å². The summed E-state index contributed by atoms with van der Waals surface area (Å²) in [4.78, 5) is 2.28. The zero-order valence-electron chi connectivity index (χ0n) is 9.36. The van der Waals surface area contributed by atoms with Crippen molar-refractivity contribution in [3.8, 4) is 5.75 Å². The van der Waals surface area contributed by atoms with Crippen molar-refractivity contribution in [2.45, 2.75) is 19.4 Å². The smallest absolute Gasteiger partial charge is 0.124 e. The zero-order chi connectivity index (χ0) is 10.8. The van der Waals surface area contributed by atoms with Crippen molar-refractivity contribution in [3.63, 3.8) is 0 Å². The number of benzene rings is 1. The highest BCUT2D eigenvalue weighted by Crippen LogP contribution is 2.24. The van der Waals surface area contributed by atoms with Crippen LogP contribution in [0.1, 0.15) is 12.0 Å². The number of aryl methyl sites for hydroxylation is 1. The first kappa shape index (κ1) is 10.3. The molecule has 15 heavy (non-hydrogen) atoms. The number of hydrogen-bond donors (Lipinski definition) is 1. The summed E-state index contributed by atoms with van der Waals surface area (Å²) in [7, 11) is 2.12. The molecule has 82 valence electrons. The molecule has 0 amide bonds. The van der Waals surface area contributed by atoms with E-state index < -0.39 is 0 Å². The lowest BCUT2D eigenvalue weighted by Crippen LogP contribution is -2.21. The van der Waals surface area contributed by atoms with Gasteiger partial charge in [0, 0.05) is 24.8 Å². The van der Waals surface area contributed by atoms with Crippen molar-refractivity contribution in [3.05, 3.63) is 23.8 Å². The van der Waals surface area contributed by atoms with E-state index in [1.54, 1.807) is 0 Å². The first-order valence-corrected chi connectivity index (χ1v) is 5.36. The number of nitrogens with two attached hydrogens (primary N) is 1. The van der Waals surface area contributed by atoms with Gasteiger partial charge in [-0.2, -0.15) is 0 Å². The highest BCUT2D eigenvalue weighted by atomic mass is 16.5. The molecule has 1 aliphatic heterocycles. The Hall–Kier alpha value is -1.22. The van der Waals surface area contributed by atoms with Gasteiger partial charge in [0.2, 0.25) is 0 Å². The van der Waals surface area contributed by atoms with E-state index >= 15 is 0 Å². The molecule has 0 spiro atoms. The van der Waals surface area contributed by atoms with Crippen molar-refractivity contribution in [1.82, 2.24) is 4.90 Å². The standard InChI is InChI=1S/C12H18N2O/c1-9-3-4-10(13)7-12(9)15-11-5-6-14(2)8-11/h3-4,7,11H,5-6,8,13H2,1-2H3/t11-/m0/s1. The maximum Gasteiger partial charge on any atom is 0.124 e. The fourth-order valence-electron chi connectivity index (χ4n) is 1.91. The summed E-state index contributed by atoms with van der Waals surface area (Å²) in [6.45, 7) is 4.17. The van der Waals surface area contributed by atoms with E-state index in [4.69, 9.17) is 10.5 Å². The second-order valence-corrected chi connectivity index (χ2v) is 4.32. The van der Waals surface area contributed by atoms with Gasteiger partial charge in [0.25, 0.3) is 0 Å². The number of nitrogen functional groups attached to an aromatic ring is 1. The monoisotopic (exact) mass is 206 g/mol. The maximum atomic E-state index is 5.94. The van der Waals surface area contributed by atoms with E-state index in [-0.39, 0.29) is 0 Å². The van der Waals surface area contributed by atoms with Crippen LogP contribution >= 0.6 is 0 Å². The summed E-state index contributed by atoms with van der Waals surface area (Å²) in [5, 5.41) is 0. The molecule has 3 heteroatoms. The largest absolute Gasteiger partial charge is 0.489 e. The lowest BCUT2D eigenvalue weighted by molar-refractivity contribution is 0.207. The molecule has 1 fully saturated rings. The molecule has 1 aromatic rings. The molecular weight excluding hydrogens is 188 g/mol. The molecule has 3 nitrogen and oxygen atoms in total. The van der Waals surface area contributed by atoms with Crippen LogP contribution in [0.2, 0.25) is 0 Å². The van der Waals surface area contributed by atoms with Crippen LogP contribution in [0.5, 0.6) is 5.75 Å². The molecule has 1 saturated heterocycles. The molecule has 0 saturated carbocycles. The summed E-state index contributed by atoms with van der Waals surface area (Å²) >= 11 is 0. The van der Waals surface area contributed by atoms with Gasteiger partial charge < -0.3 is 15.4 Å². The predicted molar refractivity (Wildman–Crippen MR) is 62.1 cm³/mol. The predicted octanol–water partition coefficient (Wildman–Crippen LogP) is 1.66. The van der Waals surface area contributed by atoms with Crippen LogP contribution in [0, 0.1) is 6.92 Å². The van der Waals surface area contributed by atoms with E-state index in [1.807, 2.05) is 25.1 Å². The lowest BCUT2D eigenvalue weighted by Gasteiger charge is -2.15. The van der Waals surface area contributed by atoms with Crippen molar-refractivity contribution in [2.24, 2.45) is 0 Å². The zero-order valence-corrected chi connectivity index (χ0v) is 9.36. The average Bonchev–Trinajstić information content (AvgIpc) is 2.58. The van der Waals surface area contributed by atoms with Crippen molar-refractivity contribution in [2.75, 3.05) is 25.9 Å². The number of hydrogen-bond acceptors (Lipinski definition) is 3. The van der Waals surface area contributed by atoms with Gasteiger partial charge in [-0.25, -0.2) is 0 Å². The normalized spacial score (nSPS) is 21.9. The van der Waals surface area contributed by atoms with Crippen molar-refractivity contribution < 1.29 is 4.74 Å². The average molecular weight is 206 g/mol. The number of ether oxygens (including phenoxy) is 1. The van der Waals surface area contributed by atoms with Gasteiger partial charge in [0.05, 0.1) is 0 Å². The molecule has 0 aromatic heterocycles. The molecule has 1 atom stereocenters. The minimum Gasteiger partial charge on any atom is -0.489 e. The van der Waals surface area contributed by atoms with Gasteiger partial charge in [-0.15, -0.1) is 0 Å². The summed E-state index contributed by atoms with van der Waals surface area (Å²) in [6, 6.07) is 5.82. The third kappa shape index (κ3) is 2.42. The molecule has 1 aliphatic rings. The van der Waals surface area contributed by atoms with Gasteiger partial charge >= 0.3 is 0 Å². The highest BCUT2D eigenvalue weighted by molar-refractivity contribution is 5.48. The number of likely N-dealkylation sites (N-methyl/N-ethyl adjacent to an activating group) is 1. The third-order valence-corrected chi connectivity index (χ3v) is 2.85. The number of anilines is 1. The summed E-state index contributed by atoms with van der Waals surface area (Å²) in [5.41, 5.74) is 7.66. The van der Waals surface area contributed by atoms with Gasteiger partial charge in [-0.05, 0) is 32.0 Å². The number of nitrogens with zero attached hydrogens (tertiary/aromatic N) is 1. The first-order valence-electron chi connectivity index (χ1n) is 5.36. The van der Waals surface area contributed by atoms with E-state index in [0.29, 0.717) is 6.10 Å². The van der Waals surface area contributed by atoms with Crippen LogP contribution < -0.4 is 10.5 Å². The second-order valence-electron chi connectivity index (χ2n) is 4.32. The van der Waals surface area contributed by atoms with Crippen LogP contribution in [0.15, 0.2) is 18.2 Å². The fourth-order valence-corrected chi connectivity index (χ4v) is 1.91. The highest BCUT2D eigenvalue weighted by Gasteiger charge is 2.21. The number of rotatable bonds is 2. The van der Waals surface area contributed by atoms with Gasteiger partial charge in [-0.3, -0.25) is 0 Å². The molecule has 1 aromatic carbocycles. The molecule has 0 aliphatic carbocycles. The molecule has 0 bridgehead atoms. The minimum atomic E-state index is 0.315. The third-order valence-electron chi connectivity index (χ3n) is 2.85. The SMILES string of the molecule is Cc1ccc(N)cc1O[C@H]1CCN(C)C1. The van der Waals surface area contributed by atoms with Crippen LogP contribution in [0.3, 0.4) is 0 Å². The number of likely N-dealkylation sites (tertiary alicyclic amines) is 1.